The Kier molecular flexibility index (Phi) is 7.41. The maximum Gasteiger partial charge on any atom is 1.00 e. The molecule has 0 radical (unpaired) electrons. The SMILES string of the molecule is C1=[N+](c2ccccc2)C=C[N+]=1c1ccccc1.[Au+].c1ccc2c(c1)[n-]c1ccc(-n3c4ccccc4c4ccccc43)cc12. The van der Waals surface area contributed by atoms with Crippen LogP contribution in [0.4, 0.5) is 11.4 Å². The molecule has 1 aliphatic heterocycles. The molecule has 6 aromatic carbocycles. The van der Waals surface area contributed by atoms with E-state index < -0.39 is 0 Å². The standard InChI is InChI=1S/C24H15N2.C15H12N2.Au/c1-4-10-21-17(7-1)20-15-16(13-14-22(20)25-21)26-23-11-5-2-8-18(23)19-9-3-6-12-24(19)26;1-3-7-14(8-4-1)16-11-12-17(13-16)15-9-5-2-6-10-15;/h1-15H;1-12H;/q-1;+2;+1. The molecule has 3 heterocycles. The first-order valence-electron chi connectivity index (χ1n) is 14.4. The van der Waals surface area contributed by atoms with E-state index in [1.807, 2.05) is 64.0 Å². The maximum absolute atomic E-state index is 4.75. The van der Waals surface area contributed by atoms with Gasteiger partial charge >= 0.3 is 28.4 Å². The van der Waals surface area contributed by atoms with Gasteiger partial charge in [-0.1, -0.05) is 112 Å². The van der Waals surface area contributed by atoms with E-state index in [0.717, 1.165) is 22.4 Å². The Bertz CT molecular complexity index is 2270. The molecule has 8 aromatic rings. The second-order valence-electron chi connectivity index (χ2n) is 10.5. The largest absolute Gasteiger partial charge is 1.00 e. The minimum absolute atomic E-state index is 0. The van der Waals surface area contributed by atoms with Gasteiger partial charge in [0.15, 0.2) is 0 Å². The minimum atomic E-state index is 0. The fraction of sp³-hybridized carbons (Fsp3) is 0. The average Bonchev–Trinajstić information content (AvgIpc) is 3.80. The monoisotopic (exact) mass is 748 g/mol. The molecular formula is C39H27AuN4+2. The van der Waals surface area contributed by atoms with Crippen molar-refractivity contribution in [1.29, 1.82) is 0 Å². The third-order valence-corrected chi connectivity index (χ3v) is 7.90. The van der Waals surface area contributed by atoms with Crippen LogP contribution in [0.15, 0.2) is 164 Å². The smallest absolute Gasteiger partial charge is 0.657 e. The summed E-state index contributed by atoms with van der Waals surface area (Å²) in [6.07, 6.45) is 4.00. The first kappa shape index (κ1) is 27.6. The molecular weight excluding hydrogens is 721 g/mol. The molecule has 0 aliphatic carbocycles. The summed E-state index contributed by atoms with van der Waals surface area (Å²) in [7, 11) is 0. The van der Waals surface area contributed by atoms with Crippen molar-refractivity contribution >= 4 is 61.0 Å². The van der Waals surface area contributed by atoms with Crippen molar-refractivity contribution in [2.75, 3.05) is 0 Å². The van der Waals surface area contributed by atoms with Gasteiger partial charge in [0.25, 0.3) is 12.4 Å². The quantitative estimate of drug-likeness (QED) is 0.131. The van der Waals surface area contributed by atoms with E-state index in [0.29, 0.717) is 0 Å². The van der Waals surface area contributed by atoms with Gasteiger partial charge in [-0.3, -0.25) is 0 Å². The number of fused-ring (bicyclic) bond motifs is 6. The molecule has 0 atom stereocenters. The number of aromatic nitrogens is 2. The van der Waals surface area contributed by atoms with Crippen molar-refractivity contribution in [3.63, 3.8) is 0 Å². The molecule has 4 nitrogen and oxygen atoms in total. The molecule has 9 rings (SSSR count). The zero-order valence-electron chi connectivity index (χ0n) is 23.7. The third kappa shape index (κ3) is 4.92. The molecule has 0 amide bonds. The van der Waals surface area contributed by atoms with Gasteiger partial charge in [-0.25, -0.2) is 0 Å². The van der Waals surface area contributed by atoms with Gasteiger partial charge in [0.05, 0.1) is 11.0 Å². The van der Waals surface area contributed by atoms with Crippen LogP contribution in [-0.4, -0.2) is 19.7 Å². The first-order valence-corrected chi connectivity index (χ1v) is 14.4. The minimum Gasteiger partial charge on any atom is -0.657 e. The summed E-state index contributed by atoms with van der Waals surface area (Å²) in [4.78, 5) is 4.75. The zero-order chi connectivity index (χ0) is 28.6. The number of rotatable bonds is 3. The van der Waals surface area contributed by atoms with Crippen molar-refractivity contribution in [2.24, 2.45) is 0 Å². The van der Waals surface area contributed by atoms with Crippen molar-refractivity contribution in [1.82, 2.24) is 9.55 Å². The van der Waals surface area contributed by atoms with Gasteiger partial charge in [0.2, 0.25) is 11.4 Å². The van der Waals surface area contributed by atoms with Crippen LogP contribution in [0.5, 0.6) is 0 Å². The van der Waals surface area contributed by atoms with Gasteiger partial charge in [-0.15, -0.1) is 11.0 Å². The fourth-order valence-electron chi connectivity index (χ4n) is 5.89. The van der Waals surface area contributed by atoms with Crippen LogP contribution in [0.25, 0.3) is 49.3 Å². The molecule has 0 bridgehead atoms. The van der Waals surface area contributed by atoms with Crippen LogP contribution in [-0.2, 0) is 22.4 Å². The van der Waals surface area contributed by atoms with Gasteiger partial charge in [-0.05, 0) is 35.0 Å². The number of hydrogen-bond acceptors (Lipinski definition) is 0. The van der Waals surface area contributed by atoms with Crippen LogP contribution in [0.1, 0.15) is 0 Å². The molecule has 5 heteroatoms. The number of hydrogen-bond donors (Lipinski definition) is 0. The molecule has 0 unspecified atom stereocenters. The molecule has 0 fully saturated rings. The van der Waals surface area contributed by atoms with Gasteiger partial charge in [0.1, 0.15) is 0 Å². The Morgan fingerprint density at radius 3 is 1.52 bits per heavy atom. The van der Waals surface area contributed by atoms with E-state index >= 15 is 0 Å². The van der Waals surface area contributed by atoms with E-state index in [2.05, 4.69) is 120 Å². The van der Waals surface area contributed by atoms with Crippen LogP contribution in [0.3, 0.4) is 0 Å². The van der Waals surface area contributed by atoms with Gasteiger partial charge in [-0.2, -0.15) is 0 Å². The maximum atomic E-state index is 4.75. The van der Waals surface area contributed by atoms with E-state index in [9.17, 15) is 0 Å². The van der Waals surface area contributed by atoms with Crippen LogP contribution in [0.2, 0.25) is 0 Å². The zero-order valence-corrected chi connectivity index (χ0v) is 25.8. The van der Waals surface area contributed by atoms with Gasteiger partial charge in [0, 0.05) is 40.7 Å². The predicted octanol–water partition coefficient (Wildman–Crippen LogP) is 9.38. The molecule has 0 saturated heterocycles. The van der Waals surface area contributed by atoms with E-state index in [1.165, 1.54) is 38.3 Å². The Morgan fingerprint density at radius 1 is 0.455 bits per heavy atom. The van der Waals surface area contributed by atoms with Crippen molar-refractivity contribution in [2.45, 2.75) is 0 Å². The van der Waals surface area contributed by atoms with Gasteiger partial charge < -0.3 is 9.55 Å². The topological polar surface area (TPSA) is 25.1 Å². The van der Waals surface area contributed by atoms with Crippen LogP contribution < -0.4 is 4.98 Å². The average molecular weight is 749 g/mol. The Hall–Kier alpha value is -5.22. The van der Waals surface area contributed by atoms with Crippen molar-refractivity contribution in [3.8, 4) is 5.69 Å². The summed E-state index contributed by atoms with van der Waals surface area (Å²) in [5.74, 6) is 0. The van der Waals surface area contributed by atoms with E-state index in [-0.39, 0.29) is 22.4 Å². The number of benzene rings is 6. The summed E-state index contributed by atoms with van der Waals surface area (Å²) >= 11 is 0. The second-order valence-corrected chi connectivity index (χ2v) is 10.5. The number of para-hydroxylation sites is 5. The molecule has 0 spiro atoms. The van der Waals surface area contributed by atoms with Crippen molar-refractivity contribution in [3.05, 3.63) is 164 Å². The normalized spacial score (nSPS) is 12.2. The summed E-state index contributed by atoms with van der Waals surface area (Å²) in [6.45, 7) is 0. The summed E-state index contributed by atoms with van der Waals surface area (Å²) < 4.78 is 6.31. The molecule has 212 valence electrons. The van der Waals surface area contributed by atoms with E-state index in [1.54, 1.807) is 0 Å². The van der Waals surface area contributed by atoms with Crippen LogP contribution >= 0.6 is 0 Å². The Morgan fingerprint density at radius 2 is 0.932 bits per heavy atom. The molecule has 1 aliphatic rings. The summed E-state index contributed by atoms with van der Waals surface area (Å²) in [5.41, 5.74) is 7.98. The van der Waals surface area contributed by atoms with Crippen LogP contribution in [0, 0.1) is 0 Å². The Balaban J connectivity index is 0.000000152. The predicted molar refractivity (Wildman–Crippen MR) is 176 cm³/mol. The first-order chi connectivity index (χ1) is 21.3. The summed E-state index contributed by atoms with van der Waals surface area (Å²) in [6, 6.07) is 55.8. The van der Waals surface area contributed by atoms with Crippen molar-refractivity contribution < 1.29 is 31.5 Å². The fourth-order valence-corrected chi connectivity index (χ4v) is 5.89. The second kappa shape index (κ2) is 11.8. The number of nitrogens with zero attached hydrogens (tertiary/aromatic N) is 4. The third-order valence-electron chi connectivity index (χ3n) is 7.90. The molecule has 2 aromatic heterocycles. The van der Waals surface area contributed by atoms with E-state index in [4.69, 9.17) is 4.98 Å². The molecule has 0 saturated carbocycles. The summed E-state index contributed by atoms with van der Waals surface area (Å²) in [5, 5.41) is 4.99. The molecule has 44 heavy (non-hydrogen) atoms. The molecule has 0 N–H and O–H groups in total. The Labute approximate surface area is 270 Å².